The maximum absolute atomic E-state index is 8.53. The van der Waals surface area contributed by atoms with Crippen molar-refractivity contribution < 1.29 is 5.11 Å². The van der Waals surface area contributed by atoms with E-state index < -0.39 is 0 Å². The second-order valence-electron chi connectivity index (χ2n) is 3.75. The van der Waals surface area contributed by atoms with Crippen molar-refractivity contribution >= 4 is 0 Å². The van der Waals surface area contributed by atoms with Gasteiger partial charge in [0.15, 0.2) is 0 Å². The van der Waals surface area contributed by atoms with Gasteiger partial charge >= 0.3 is 0 Å². The van der Waals surface area contributed by atoms with Crippen LogP contribution in [0.1, 0.15) is 38.5 Å². The number of hydrogen-bond donors (Lipinski definition) is 2. The molecule has 1 rings (SSSR count). The molecule has 0 amide bonds. The molecule has 1 saturated carbocycles. The van der Waals surface area contributed by atoms with Gasteiger partial charge in [-0.1, -0.05) is 37.8 Å². The maximum Gasteiger partial charge on any atom is 0.0612 e. The molecule has 0 bridgehead atoms. The SMILES string of the molecule is OC/C=C/CNC1CCCCCC1. The topological polar surface area (TPSA) is 32.3 Å². The normalized spacial score (nSPS) is 20.7. The average Bonchev–Trinajstić information content (AvgIpc) is 2.41. The predicted octanol–water partition coefficient (Wildman–Crippen LogP) is 1.85. The molecule has 13 heavy (non-hydrogen) atoms. The zero-order valence-corrected chi connectivity index (χ0v) is 8.34. The van der Waals surface area contributed by atoms with E-state index in [0.717, 1.165) is 6.54 Å². The second-order valence-corrected chi connectivity index (χ2v) is 3.75. The van der Waals surface area contributed by atoms with Crippen LogP contribution in [0.15, 0.2) is 12.2 Å². The van der Waals surface area contributed by atoms with E-state index in [1.807, 2.05) is 6.08 Å². The fraction of sp³-hybridized carbons (Fsp3) is 0.818. The van der Waals surface area contributed by atoms with Crippen LogP contribution in [0.4, 0.5) is 0 Å². The van der Waals surface area contributed by atoms with Gasteiger partial charge < -0.3 is 10.4 Å². The molecule has 0 aliphatic heterocycles. The van der Waals surface area contributed by atoms with E-state index in [4.69, 9.17) is 5.11 Å². The van der Waals surface area contributed by atoms with Gasteiger partial charge in [0.1, 0.15) is 0 Å². The van der Waals surface area contributed by atoms with Crippen molar-refractivity contribution in [2.75, 3.05) is 13.2 Å². The number of aliphatic hydroxyl groups excluding tert-OH is 1. The summed E-state index contributed by atoms with van der Waals surface area (Å²) in [5.41, 5.74) is 0. The van der Waals surface area contributed by atoms with Crippen molar-refractivity contribution in [3.63, 3.8) is 0 Å². The number of rotatable bonds is 4. The maximum atomic E-state index is 8.53. The Morgan fingerprint density at radius 1 is 1.08 bits per heavy atom. The Morgan fingerprint density at radius 3 is 2.38 bits per heavy atom. The third-order valence-corrected chi connectivity index (χ3v) is 2.65. The van der Waals surface area contributed by atoms with Crippen LogP contribution < -0.4 is 5.32 Å². The summed E-state index contributed by atoms with van der Waals surface area (Å²) in [5.74, 6) is 0. The molecular formula is C11H21NO. The Labute approximate surface area is 81.0 Å². The Kier molecular flexibility index (Phi) is 5.87. The highest BCUT2D eigenvalue weighted by atomic mass is 16.2. The molecule has 2 nitrogen and oxygen atoms in total. The first-order chi connectivity index (χ1) is 6.43. The fourth-order valence-electron chi connectivity index (χ4n) is 1.88. The van der Waals surface area contributed by atoms with E-state index in [-0.39, 0.29) is 6.61 Å². The summed E-state index contributed by atoms with van der Waals surface area (Å²) in [7, 11) is 0. The van der Waals surface area contributed by atoms with Crippen LogP contribution in [0.3, 0.4) is 0 Å². The first-order valence-corrected chi connectivity index (χ1v) is 5.42. The zero-order chi connectivity index (χ0) is 9.36. The van der Waals surface area contributed by atoms with Crippen molar-refractivity contribution in [2.24, 2.45) is 0 Å². The Hall–Kier alpha value is -0.340. The van der Waals surface area contributed by atoms with E-state index in [9.17, 15) is 0 Å². The molecule has 0 unspecified atom stereocenters. The molecule has 0 aromatic rings. The fourth-order valence-corrected chi connectivity index (χ4v) is 1.88. The van der Waals surface area contributed by atoms with Crippen LogP contribution >= 0.6 is 0 Å². The largest absolute Gasteiger partial charge is 0.392 e. The van der Waals surface area contributed by atoms with Gasteiger partial charge in [0.05, 0.1) is 6.61 Å². The van der Waals surface area contributed by atoms with Gasteiger partial charge in [-0.25, -0.2) is 0 Å². The van der Waals surface area contributed by atoms with E-state index in [1.165, 1.54) is 38.5 Å². The molecule has 0 heterocycles. The van der Waals surface area contributed by atoms with Crippen LogP contribution in [-0.2, 0) is 0 Å². The lowest BCUT2D eigenvalue weighted by atomic mass is 10.1. The summed E-state index contributed by atoms with van der Waals surface area (Å²) in [6.07, 6.45) is 12.0. The predicted molar refractivity (Wildman–Crippen MR) is 55.7 cm³/mol. The first kappa shape index (κ1) is 10.7. The van der Waals surface area contributed by atoms with Crippen LogP contribution in [-0.4, -0.2) is 24.3 Å². The third-order valence-electron chi connectivity index (χ3n) is 2.65. The molecule has 0 atom stereocenters. The molecule has 2 N–H and O–H groups in total. The molecule has 2 heteroatoms. The first-order valence-electron chi connectivity index (χ1n) is 5.42. The third kappa shape index (κ3) is 5.06. The summed E-state index contributed by atoms with van der Waals surface area (Å²) < 4.78 is 0. The Bertz CT molecular complexity index is 137. The average molecular weight is 183 g/mol. The van der Waals surface area contributed by atoms with Crippen molar-refractivity contribution in [1.82, 2.24) is 5.32 Å². The van der Waals surface area contributed by atoms with Gasteiger partial charge in [0.25, 0.3) is 0 Å². The van der Waals surface area contributed by atoms with Crippen LogP contribution in [0.2, 0.25) is 0 Å². The summed E-state index contributed by atoms with van der Waals surface area (Å²) in [5, 5.41) is 12.0. The Balaban J connectivity index is 2.08. The summed E-state index contributed by atoms with van der Waals surface area (Å²) >= 11 is 0. The summed E-state index contributed by atoms with van der Waals surface area (Å²) in [4.78, 5) is 0. The van der Waals surface area contributed by atoms with Gasteiger partial charge in [-0.2, -0.15) is 0 Å². The molecule has 0 spiro atoms. The second kappa shape index (κ2) is 7.10. The number of hydrogen-bond acceptors (Lipinski definition) is 2. The standard InChI is InChI=1S/C11H21NO/c13-10-6-5-9-12-11-7-3-1-2-4-8-11/h5-6,11-13H,1-4,7-10H2/b6-5+. The zero-order valence-electron chi connectivity index (χ0n) is 8.34. The molecule has 0 aromatic heterocycles. The van der Waals surface area contributed by atoms with Gasteiger partial charge in [-0.05, 0) is 12.8 Å². The van der Waals surface area contributed by atoms with Crippen molar-refractivity contribution in [2.45, 2.75) is 44.6 Å². The summed E-state index contributed by atoms with van der Waals surface area (Å²) in [6.45, 7) is 1.07. The van der Waals surface area contributed by atoms with Crippen molar-refractivity contribution in [3.8, 4) is 0 Å². The minimum atomic E-state index is 0.159. The van der Waals surface area contributed by atoms with Crippen molar-refractivity contribution in [1.29, 1.82) is 0 Å². The lowest BCUT2D eigenvalue weighted by molar-refractivity contribution is 0.342. The molecule has 0 aromatic carbocycles. The highest BCUT2D eigenvalue weighted by molar-refractivity contribution is 4.84. The quantitative estimate of drug-likeness (QED) is 0.515. The van der Waals surface area contributed by atoms with Crippen molar-refractivity contribution in [3.05, 3.63) is 12.2 Å². The summed E-state index contributed by atoms with van der Waals surface area (Å²) in [6, 6.07) is 0.714. The molecule has 0 radical (unpaired) electrons. The van der Waals surface area contributed by atoms with E-state index in [2.05, 4.69) is 5.32 Å². The molecule has 1 fully saturated rings. The van der Waals surface area contributed by atoms with Crippen LogP contribution in [0.25, 0.3) is 0 Å². The molecular weight excluding hydrogens is 162 g/mol. The van der Waals surface area contributed by atoms with Crippen LogP contribution in [0, 0.1) is 0 Å². The number of nitrogens with one attached hydrogen (secondary N) is 1. The smallest absolute Gasteiger partial charge is 0.0612 e. The highest BCUT2D eigenvalue weighted by Gasteiger charge is 2.09. The molecule has 1 aliphatic rings. The minimum absolute atomic E-state index is 0.159. The van der Waals surface area contributed by atoms with Gasteiger partial charge in [0, 0.05) is 12.6 Å². The van der Waals surface area contributed by atoms with E-state index in [0.29, 0.717) is 6.04 Å². The highest BCUT2D eigenvalue weighted by Crippen LogP contribution is 2.16. The Morgan fingerprint density at radius 2 is 1.77 bits per heavy atom. The van der Waals surface area contributed by atoms with Crippen LogP contribution in [0.5, 0.6) is 0 Å². The molecule has 0 saturated heterocycles. The lowest BCUT2D eigenvalue weighted by Gasteiger charge is -2.14. The lowest BCUT2D eigenvalue weighted by Crippen LogP contribution is -2.28. The number of aliphatic hydroxyl groups is 1. The minimum Gasteiger partial charge on any atom is -0.392 e. The monoisotopic (exact) mass is 183 g/mol. The van der Waals surface area contributed by atoms with Gasteiger partial charge in [-0.15, -0.1) is 0 Å². The van der Waals surface area contributed by atoms with E-state index >= 15 is 0 Å². The molecule has 76 valence electrons. The van der Waals surface area contributed by atoms with Gasteiger partial charge in [-0.3, -0.25) is 0 Å². The molecule has 1 aliphatic carbocycles. The van der Waals surface area contributed by atoms with E-state index in [1.54, 1.807) is 6.08 Å². The van der Waals surface area contributed by atoms with Gasteiger partial charge in [0.2, 0.25) is 0 Å².